The van der Waals surface area contributed by atoms with Crippen LogP contribution in [0.2, 0.25) is 0 Å². The van der Waals surface area contributed by atoms with Gasteiger partial charge in [-0.3, -0.25) is 9.59 Å². The van der Waals surface area contributed by atoms with Crippen molar-refractivity contribution >= 4 is 17.6 Å². The molecule has 0 saturated carbocycles. The fourth-order valence-corrected chi connectivity index (χ4v) is 2.63. The number of carbonyl (C=O) groups excluding carboxylic acids is 1. The minimum atomic E-state index is -0.803. The zero-order valence-corrected chi connectivity index (χ0v) is 12.3. The van der Waals surface area contributed by atoms with Gasteiger partial charge in [-0.2, -0.15) is 0 Å². The number of carboxylic acids is 1. The number of carboxylic acid groups (broad SMARTS) is 1. The van der Waals surface area contributed by atoms with Crippen molar-refractivity contribution in [1.29, 1.82) is 0 Å². The number of amides is 1. The molecule has 0 bridgehead atoms. The van der Waals surface area contributed by atoms with Gasteiger partial charge in [0.2, 0.25) is 5.91 Å². The predicted molar refractivity (Wildman–Crippen MR) is 80.1 cm³/mol. The summed E-state index contributed by atoms with van der Waals surface area (Å²) in [5.41, 5.74) is 1.36. The molecule has 1 aliphatic rings. The Morgan fingerprint density at radius 1 is 1.43 bits per heavy atom. The highest BCUT2D eigenvalue weighted by Crippen LogP contribution is 2.24. The number of benzene rings is 1. The summed E-state index contributed by atoms with van der Waals surface area (Å²) in [7, 11) is 0. The molecule has 1 amide bonds. The van der Waals surface area contributed by atoms with E-state index in [2.05, 4.69) is 16.0 Å². The molecule has 6 nitrogen and oxygen atoms in total. The quantitative estimate of drug-likeness (QED) is 0.630. The molecular weight excluding hydrogens is 270 g/mol. The molecule has 1 fully saturated rings. The minimum Gasteiger partial charge on any atom is -0.481 e. The molecule has 1 aromatic carbocycles. The Kier molecular flexibility index (Phi) is 4.59. The second kappa shape index (κ2) is 6.24. The molecule has 1 unspecified atom stereocenters. The van der Waals surface area contributed by atoms with Crippen LogP contribution in [0.15, 0.2) is 24.3 Å². The van der Waals surface area contributed by atoms with Gasteiger partial charge in [-0.1, -0.05) is 12.1 Å². The predicted octanol–water partition coefficient (Wildman–Crippen LogP) is 1.11. The van der Waals surface area contributed by atoms with Crippen molar-refractivity contribution in [3.8, 4) is 0 Å². The number of anilines is 1. The molecule has 1 aromatic rings. The van der Waals surface area contributed by atoms with Crippen molar-refractivity contribution < 1.29 is 14.7 Å². The number of hydrogen-bond donors (Lipinski definition) is 4. The third-order valence-electron chi connectivity index (χ3n) is 3.65. The number of aliphatic carboxylic acids is 1. The molecule has 0 aliphatic carbocycles. The van der Waals surface area contributed by atoms with Crippen molar-refractivity contribution in [3.05, 3.63) is 29.8 Å². The van der Waals surface area contributed by atoms with Gasteiger partial charge >= 0.3 is 5.97 Å². The largest absolute Gasteiger partial charge is 0.481 e. The average Bonchev–Trinajstić information content (AvgIpc) is 2.35. The van der Waals surface area contributed by atoms with Crippen LogP contribution >= 0.6 is 0 Å². The van der Waals surface area contributed by atoms with Crippen LogP contribution in [-0.2, 0) is 9.59 Å². The van der Waals surface area contributed by atoms with E-state index in [4.69, 9.17) is 5.11 Å². The Labute approximate surface area is 123 Å². The number of rotatable bonds is 6. The second-order valence-electron chi connectivity index (χ2n) is 5.63. The van der Waals surface area contributed by atoms with Crippen LogP contribution in [0.1, 0.15) is 31.9 Å². The first-order valence-electron chi connectivity index (χ1n) is 6.98. The molecule has 114 valence electrons. The summed E-state index contributed by atoms with van der Waals surface area (Å²) in [6, 6.07) is 7.57. The minimum absolute atomic E-state index is 0.000146. The Balaban J connectivity index is 2.07. The summed E-state index contributed by atoms with van der Waals surface area (Å²) in [6.45, 7) is 4.76. The standard InChI is InChI=1S/C15H21N3O3/c1-10(18-15(7-14(20)21)8-16-9-15)12-4-3-5-13(6-12)17-11(2)19/h3-6,10,16,18H,7-9H2,1-2H3,(H,17,19)(H,20,21). The fraction of sp³-hybridized carbons (Fsp3) is 0.467. The molecular formula is C15H21N3O3. The van der Waals surface area contributed by atoms with Gasteiger partial charge in [0.1, 0.15) is 0 Å². The lowest BCUT2D eigenvalue weighted by molar-refractivity contribution is -0.139. The van der Waals surface area contributed by atoms with Gasteiger partial charge in [-0.15, -0.1) is 0 Å². The first-order chi connectivity index (χ1) is 9.90. The highest BCUT2D eigenvalue weighted by Gasteiger charge is 2.39. The third kappa shape index (κ3) is 4.03. The maximum Gasteiger partial charge on any atom is 0.305 e. The molecule has 4 N–H and O–H groups in total. The van der Waals surface area contributed by atoms with Gasteiger partial charge in [0.05, 0.1) is 12.0 Å². The van der Waals surface area contributed by atoms with Crippen LogP contribution in [0.25, 0.3) is 0 Å². The van der Waals surface area contributed by atoms with Crippen LogP contribution in [0.3, 0.4) is 0 Å². The third-order valence-corrected chi connectivity index (χ3v) is 3.65. The van der Waals surface area contributed by atoms with E-state index in [9.17, 15) is 9.59 Å². The highest BCUT2D eigenvalue weighted by atomic mass is 16.4. The normalized spacial score (nSPS) is 17.6. The van der Waals surface area contributed by atoms with Crippen LogP contribution in [0, 0.1) is 0 Å². The van der Waals surface area contributed by atoms with Crippen molar-refractivity contribution in [2.24, 2.45) is 0 Å². The van der Waals surface area contributed by atoms with Crippen LogP contribution in [0.5, 0.6) is 0 Å². The lowest BCUT2D eigenvalue weighted by Crippen LogP contribution is -2.68. The topological polar surface area (TPSA) is 90.5 Å². The van der Waals surface area contributed by atoms with Crippen LogP contribution in [-0.4, -0.2) is 35.6 Å². The molecule has 1 heterocycles. The fourth-order valence-electron chi connectivity index (χ4n) is 2.63. The summed E-state index contributed by atoms with van der Waals surface area (Å²) in [5.74, 6) is -0.915. The molecule has 6 heteroatoms. The van der Waals surface area contributed by atoms with Crippen molar-refractivity contribution in [3.63, 3.8) is 0 Å². The van der Waals surface area contributed by atoms with E-state index in [0.29, 0.717) is 13.1 Å². The Bertz CT molecular complexity index is 541. The lowest BCUT2D eigenvalue weighted by atomic mass is 9.87. The molecule has 21 heavy (non-hydrogen) atoms. The zero-order valence-electron chi connectivity index (χ0n) is 12.3. The highest BCUT2D eigenvalue weighted by molar-refractivity contribution is 5.88. The average molecular weight is 291 g/mol. The zero-order chi connectivity index (χ0) is 15.5. The number of nitrogens with one attached hydrogen (secondary N) is 3. The summed E-state index contributed by atoms with van der Waals surface area (Å²) in [5, 5.41) is 18.3. The molecule has 0 spiro atoms. The first kappa shape index (κ1) is 15.5. The summed E-state index contributed by atoms with van der Waals surface area (Å²) < 4.78 is 0. The van der Waals surface area contributed by atoms with Gasteiger partial charge < -0.3 is 21.1 Å². The summed E-state index contributed by atoms with van der Waals surface area (Å²) in [6.07, 6.45) is 0.0930. The molecule has 0 aromatic heterocycles. The Hall–Kier alpha value is -1.92. The van der Waals surface area contributed by atoms with E-state index in [1.807, 2.05) is 31.2 Å². The van der Waals surface area contributed by atoms with E-state index >= 15 is 0 Å². The Morgan fingerprint density at radius 2 is 2.14 bits per heavy atom. The number of hydrogen-bond acceptors (Lipinski definition) is 4. The van der Waals surface area contributed by atoms with E-state index < -0.39 is 11.5 Å². The van der Waals surface area contributed by atoms with Crippen molar-refractivity contribution in [1.82, 2.24) is 10.6 Å². The van der Waals surface area contributed by atoms with E-state index in [0.717, 1.165) is 11.3 Å². The van der Waals surface area contributed by atoms with Crippen molar-refractivity contribution in [2.45, 2.75) is 31.8 Å². The van der Waals surface area contributed by atoms with Gasteiger partial charge in [-0.25, -0.2) is 0 Å². The van der Waals surface area contributed by atoms with Crippen LogP contribution in [0.4, 0.5) is 5.69 Å². The lowest BCUT2D eigenvalue weighted by Gasteiger charge is -2.44. The van der Waals surface area contributed by atoms with Gasteiger partial charge in [0.25, 0.3) is 0 Å². The van der Waals surface area contributed by atoms with E-state index in [1.54, 1.807) is 0 Å². The smallest absolute Gasteiger partial charge is 0.305 e. The van der Waals surface area contributed by atoms with Crippen molar-refractivity contribution in [2.75, 3.05) is 18.4 Å². The SMILES string of the molecule is CC(=O)Nc1cccc(C(C)NC2(CC(=O)O)CNC2)c1. The van der Waals surface area contributed by atoms with Gasteiger partial charge in [-0.05, 0) is 24.6 Å². The summed E-state index contributed by atoms with van der Waals surface area (Å²) >= 11 is 0. The molecule has 1 aliphatic heterocycles. The molecule has 1 atom stereocenters. The Morgan fingerprint density at radius 3 is 2.67 bits per heavy atom. The van der Waals surface area contributed by atoms with Crippen LogP contribution < -0.4 is 16.0 Å². The molecule has 1 saturated heterocycles. The second-order valence-corrected chi connectivity index (χ2v) is 5.63. The van der Waals surface area contributed by atoms with E-state index in [-0.39, 0.29) is 18.4 Å². The monoisotopic (exact) mass is 291 g/mol. The first-order valence-corrected chi connectivity index (χ1v) is 6.98. The van der Waals surface area contributed by atoms with Gasteiger partial charge in [0.15, 0.2) is 0 Å². The maximum atomic E-state index is 11.1. The summed E-state index contributed by atoms with van der Waals surface area (Å²) in [4.78, 5) is 22.1. The van der Waals surface area contributed by atoms with E-state index in [1.165, 1.54) is 6.92 Å². The number of carbonyl (C=O) groups is 2. The molecule has 2 rings (SSSR count). The van der Waals surface area contributed by atoms with Gasteiger partial charge in [0, 0.05) is 31.7 Å². The molecule has 0 radical (unpaired) electrons. The maximum absolute atomic E-state index is 11.1.